The lowest BCUT2D eigenvalue weighted by Gasteiger charge is -2.15. The quantitative estimate of drug-likeness (QED) is 0.635. The van der Waals surface area contributed by atoms with Crippen LogP contribution in [0.4, 0.5) is 13.2 Å². The fourth-order valence-electron chi connectivity index (χ4n) is 0.769. The molecule has 0 rings (SSSR count). The molecule has 0 saturated heterocycles. The summed E-state index contributed by atoms with van der Waals surface area (Å²) < 4.78 is 35.3. The van der Waals surface area contributed by atoms with Crippen molar-refractivity contribution in [1.82, 2.24) is 4.90 Å². The van der Waals surface area contributed by atoms with E-state index in [4.69, 9.17) is 0 Å². The predicted molar refractivity (Wildman–Crippen MR) is 43.4 cm³/mol. The highest BCUT2D eigenvalue weighted by Gasteiger charge is 2.28. The lowest BCUT2D eigenvalue weighted by Crippen LogP contribution is -2.31. The Labute approximate surface area is 75.0 Å². The molecule has 0 atom stereocenters. The monoisotopic (exact) mass is 195 g/mol. The Hall–Kier alpha value is -0.840. The first-order chi connectivity index (χ1) is 5.81. The molecule has 13 heavy (non-hydrogen) atoms. The van der Waals surface area contributed by atoms with E-state index in [1.165, 1.54) is 26.1 Å². The van der Waals surface area contributed by atoms with E-state index in [0.717, 1.165) is 4.90 Å². The molecule has 76 valence electrons. The first-order valence-corrected chi connectivity index (χ1v) is 3.73. The van der Waals surface area contributed by atoms with Crippen LogP contribution in [0.15, 0.2) is 12.2 Å². The van der Waals surface area contributed by atoms with Crippen LogP contribution in [0.3, 0.4) is 0 Å². The molecule has 0 fully saturated rings. The summed E-state index contributed by atoms with van der Waals surface area (Å²) in [7, 11) is 1.35. The number of rotatable bonds is 4. The number of carbonyl (C=O) groups is 1. The number of likely N-dealkylation sites (N-methyl/N-ethyl adjacent to an activating group) is 1. The maximum Gasteiger partial charge on any atom is 0.401 e. The average Bonchev–Trinajstić information content (AvgIpc) is 1.81. The molecular weight excluding hydrogens is 183 g/mol. The molecule has 0 amide bonds. The van der Waals surface area contributed by atoms with E-state index in [0.29, 0.717) is 0 Å². The molecule has 0 aliphatic rings. The highest BCUT2D eigenvalue weighted by Crippen LogP contribution is 2.15. The van der Waals surface area contributed by atoms with Gasteiger partial charge in [0.15, 0.2) is 5.78 Å². The molecule has 0 aromatic heterocycles. The zero-order valence-corrected chi connectivity index (χ0v) is 7.56. The molecule has 0 aliphatic heterocycles. The lowest BCUT2D eigenvalue weighted by atomic mass is 10.4. The fourth-order valence-corrected chi connectivity index (χ4v) is 0.769. The molecular formula is C8H12F3NO. The van der Waals surface area contributed by atoms with Gasteiger partial charge in [0.05, 0.1) is 6.54 Å². The topological polar surface area (TPSA) is 20.3 Å². The smallest absolute Gasteiger partial charge is 0.295 e. The number of hydrogen-bond donors (Lipinski definition) is 0. The summed E-state index contributed by atoms with van der Waals surface area (Å²) in [5, 5.41) is 0. The molecule has 0 unspecified atom stereocenters. The van der Waals surface area contributed by atoms with Crippen molar-refractivity contribution in [1.29, 1.82) is 0 Å². The largest absolute Gasteiger partial charge is 0.401 e. The molecule has 0 spiro atoms. The van der Waals surface area contributed by atoms with Crippen LogP contribution in [0.2, 0.25) is 0 Å². The zero-order valence-electron chi connectivity index (χ0n) is 7.56. The van der Waals surface area contributed by atoms with E-state index in [9.17, 15) is 18.0 Å². The van der Waals surface area contributed by atoms with Gasteiger partial charge in [-0.1, -0.05) is 6.08 Å². The van der Waals surface area contributed by atoms with Gasteiger partial charge in [-0.05, 0) is 20.0 Å². The SMILES string of the molecule is CC(=O)/C=C/CN(C)CC(F)(F)F. The van der Waals surface area contributed by atoms with Crippen LogP contribution in [0.25, 0.3) is 0 Å². The van der Waals surface area contributed by atoms with Crippen molar-refractivity contribution in [3.8, 4) is 0 Å². The van der Waals surface area contributed by atoms with Crippen molar-refractivity contribution in [2.24, 2.45) is 0 Å². The van der Waals surface area contributed by atoms with Gasteiger partial charge in [-0.25, -0.2) is 0 Å². The van der Waals surface area contributed by atoms with E-state index in [-0.39, 0.29) is 12.3 Å². The highest BCUT2D eigenvalue weighted by molar-refractivity contribution is 5.87. The van der Waals surface area contributed by atoms with Gasteiger partial charge in [-0.3, -0.25) is 9.69 Å². The van der Waals surface area contributed by atoms with E-state index in [2.05, 4.69) is 0 Å². The Morgan fingerprint density at radius 1 is 1.46 bits per heavy atom. The number of allylic oxidation sites excluding steroid dienone is 1. The van der Waals surface area contributed by atoms with Crippen molar-refractivity contribution in [3.05, 3.63) is 12.2 Å². The summed E-state index contributed by atoms with van der Waals surface area (Å²) in [5.74, 6) is -0.166. The number of nitrogens with zero attached hydrogens (tertiary/aromatic N) is 1. The second-order valence-electron chi connectivity index (χ2n) is 2.82. The predicted octanol–water partition coefficient (Wildman–Crippen LogP) is 1.63. The molecule has 2 nitrogen and oxygen atoms in total. The van der Waals surface area contributed by atoms with Crippen LogP contribution in [-0.2, 0) is 4.79 Å². The van der Waals surface area contributed by atoms with Gasteiger partial charge in [0, 0.05) is 6.54 Å². The number of alkyl halides is 3. The van der Waals surface area contributed by atoms with Crippen LogP contribution < -0.4 is 0 Å². The van der Waals surface area contributed by atoms with Crippen molar-refractivity contribution < 1.29 is 18.0 Å². The van der Waals surface area contributed by atoms with Crippen molar-refractivity contribution in [2.75, 3.05) is 20.1 Å². The summed E-state index contributed by atoms with van der Waals surface area (Å²) >= 11 is 0. The maximum absolute atomic E-state index is 11.8. The van der Waals surface area contributed by atoms with Crippen LogP contribution in [0.5, 0.6) is 0 Å². The number of carbonyl (C=O) groups excluding carboxylic acids is 1. The Kier molecular flexibility index (Phi) is 4.69. The van der Waals surface area contributed by atoms with Crippen LogP contribution in [0.1, 0.15) is 6.92 Å². The van der Waals surface area contributed by atoms with E-state index in [1.54, 1.807) is 0 Å². The van der Waals surface area contributed by atoms with E-state index in [1.807, 2.05) is 0 Å². The summed E-state index contributed by atoms with van der Waals surface area (Å²) in [4.78, 5) is 11.5. The van der Waals surface area contributed by atoms with Crippen molar-refractivity contribution in [3.63, 3.8) is 0 Å². The number of ketones is 1. The third-order valence-corrected chi connectivity index (χ3v) is 1.22. The fraction of sp³-hybridized carbons (Fsp3) is 0.625. The number of halogens is 3. The van der Waals surface area contributed by atoms with Gasteiger partial charge in [0.2, 0.25) is 0 Å². The Bertz CT molecular complexity index is 198. The first kappa shape index (κ1) is 12.2. The minimum absolute atomic E-state index is 0.124. The van der Waals surface area contributed by atoms with Crippen molar-refractivity contribution >= 4 is 5.78 Å². The third kappa shape index (κ3) is 9.07. The van der Waals surface area contributed by atoms with Crippen LogP contribution >= 0.6 is 0 Å². The van der Waals surface area contributed by atoms with Crippen LogP contribution in [0, 0.1) is 0 Å². The summed E-state index contributed by atoms with van der Waals surface area (Å²) in [6, 6.07) is 0. The Morgan fingerprint density at radius 2 is 2.00 bits per heavy atom. The average molecular weight is 195 g/mol. The second kappa shape index (κ2) is 5.01. The van der Waals surface area contributed by atoms with Gasteiger partial charge in [-0.2, -0.15) is 13.2 Å². The summed E-state index contributed by atoms with van der Waals surface area (Å²) in [5.41, 5.74) is 0. The first-order valence-electron chi connectivity index (χ1n) is 3.73. The normalized spacial score (nSPS) is 12.8. The van der Waals surface area contributed by atoms with Crippen molar-refractivity contribution in [2.45, 2.75) is 13.1 Å². The molecule has 0 radical (unpaired) electrons. The molecule has 0 heterocycles. The molecule has 0 saturated carbocycles. The molecule has 0 N–H and O–H groups in total. The maximum atomic E-state index is 11.8. The van der Waals surface area contributed by atoms with Gasteiger partial charge < -0.3 is 0 Å². The molecule has 0 bridgehead atoms. The Balaban J connectivity index is 3.76. The molecule has 0 aliphatic carbocycles. The van der Waals surface area contributed by atoms with Gasteiger partial charge in [0.1, 0.15) is 0 Å². The lowest BCUT2D eigenvalue weighted by molar-refractivity contribution is -0.141. The standard InChI is InChI=1S/C8H12F3NO/c1-7(13)4-3-5-12(2)6-8(9,10)11/h3-4H,5-6H2,1-2H3/b4-3+. The Morgan fingerprint density at radius 3 is 2.38 bits per heavy atom. The van der Waals surface area contributed by atoms with Crippen LogP contribution in [-0.4, -0.2) is 37.0 Å². The second-order valence-corrected chi connectivity index (χ2v) is 2.82. The highest BCUT2D eigenvalue weighted by atomic mass is 19.4. The van der Waals surface area contributed by atoms with Gasteiger partial charge in [-0.15, -0.1) is 0 Å². The van der Waals surface area contributed by atoms with Gasteiger partial charge in [0.25, 0.3) is 0 Å². The van der Waals surface area contributed by atoms with Gasteiger partial charge >= 0.3 is 6.18 Å². The van der Waals surface area contributed by atoms with E-state index >= 15 is 0 Å². The number of hydrogen-bond acceptors (Lipinski definition) is 2. The molecule has 0 aromatic carbocycles. The molecule has 0 aromatic rings. The molecule has 5 heteroatoms. The summed E-state index contributed by atoms with van der Waals surface area (Å²) in [6.07, 6.45) is -1.51. The minimum Gasteiger partial charge on any atom is -0.295 e. The van der Waals surface area contributed by atoms with E-state index < -0.39 is 12.7 Å². The zero-order chi connectivity index (χ0) is 10.5. The third-order valence-electron chi connectivity index (χ3n) is 1.22. The summed E-state index contributed by atoms with van der Waals surface area (Å²) in [6.45, 7) is 0.509. The minimum atomic E-state index is -4.18.